The molecule has 4 bridgehead atoms. The average molecular weight is 391 g/mol. The zero-order chi connectivity index (χ0) is 19.5. The van der Waals surface area contributed by atoms with E-state index in [4.69, 9.17) is 0 Å². The zero-order valence-electron chi connectivity index (χ0n) is 16.7. The minimum absolute atomic E-state index is 0.0886. The van der Waals surface area contributed by atoms with Crippen molar-refractivity contribution < 1.29 is 13.2 Å². The molecular weight excluding hydrogens is 360 g/mol. The first-order chi connectivity index (χ1) is 12.7. The molecule has 0 atom stereocenters. The molecule has 0 spiro atoms. The summed E-state index contributed by atoms with van der Waals surface area (Å²) in [6.45, 7) is 3.83. The number of nitrogens with one attached hydrogen (secondary N) is 1. The number of aryl methyl sites for hydroxylation is 1. The molecule has 1 amide bonds. The minimum atomic E-state index is -3.53. The highest BCUT2D eigenvalue weighted by molar-refractivity contribution is 7.89. The number of sulfonamides is 1. The highest BCUT2D eigenvalue weighted by atomic mass is 32.2. The van der Waals surface area contributed by atoms with E-state index in [0.717, 1.165) is 23.0 Å². The first-order valence-electron chi connectivity index (χ1n) is 10.0. The van der Waals surface area contributed by atoms with Gasteiger partial charge in [-0.2, -0.15) is 0 Å². The van der Waals surface area contributed by atoms with E-state index in [1.807, 2.05) is 13.8 Å². The third-order valence-electron chi connectivity index (χ3n) is 7.21. The number of carbonyl (C=O) groups excluding carboxylic acids is 1. The van der Waals surface area contributed by atoms with Crippen molar-refractivity contribution in [2.75, 3.05) is 19.4 Å². The first kappa shape index (κ1) is 18.9. The predicted molar refractivity (Wildman–Crippen MR) is 106 cm³/mol. The molecule has 0 heterocycles. The number of amides is 1. The largest absolute Gasteiger partial charge is 0.326 e. The maximum atomic E-state index is 13.2. The summed E-state index contributed by atoms with van der Waals surface area (Å²) in [5, 5.41) is 3.11. The van der Waals surface area contributed by atoms with Crippen LogP contribution >= 0.6 is 0 Å². The Morgan fingerprint density at radius 2 is 1.56 bits per heavy atom. The number of nitrogens with zero attached hydrogens (tertiary/aromatic N) is 1. The maximum absolute atomic E-state index is 13.2. The Kier molecular flexibility index (Phi) is 4.62. The van der Waals surface area contributed by atoms with Crippen LogP contribution in [0.2, 0.25) is 0 Å². The average Bonchev–Trinajstić information content (AvgIpc) is 2.57. The Morgan fingerprint density at radius 1 is 1.00 bits per heavy atom. The molecule has 4 aliphatic carbocycles. The summed E-state index contributed by atoms with van der Waals surface area (Å²) in [4.78, 5) is 13.4. The maximum Gasteiger partial charge on any atom is 0.242 e. The van der Waals surface area contributed by atoms with Crippen molar-refractivity contribution >= 4 is 21.6 Å². The van der Waals surface area contributed by atoms with Gasteiger partial charge < -0.3 is 5.32 Å². The van der Waals surface area contributed by atoms with Crippen LogP contribution in [-0.2, 0) is 14.8 Å². The smallest absolute Gasteiger partial charge is 0.242 e. The van der Waals surface area contributed by atoms with Gasteiger partial charge >= 0.3 is 0 Å². The Labute approximate surface area is 162 Å². The van der Waals surface area contributed by atoms with Crippen LogP contribution in [0.15, 0.2) is 17.0 Å². The molecule has 27 heavy (non-hydrogen) atoms. The Hall–Kier alpha value is -1.40. The van der Waals surface area contributed by atoms with Crippen molar-refractivity contribution in [2.24, 2.45) is 29.6 Å². The molecule has 4 fully saturated rings. The summed E-state index contributed by atoms with van der Waals surface area (Å²) in [6.07, 6.45) is 6.14. The highest BCUT2D eigenvalue weighted by Gasteiger charge is 2.50. The van der Waals surface area contributed by atoms with E-state index >= 15 is 0 Å². The number of rotatable bonds is 4. The molecule has 1 aromatic carbocycles. The quantitative estimate of drug-likeness (QED) is 0.855. The van der Waals surface area contributed by atoms with E-state index in [1.54, 1.807) is 12.1 Å². The molecule has 0 unspecified atom stereocenters. The van der Waals surface area contributed by atoms with Gasteiger partial charge in [-0.15, -0.1) is 0 Å². The Morgan fingerprint density at radius 3 is 2.07 bits per heavy atom. The summed E-state index contributed by atoms with van der Waals surface area (Å²) in [5.74, 6) is 2.85. The summed E-state index contributed by atoms with van der Waals surface area (Å²) < 4.78 is 26.3. The van der Waals surface area contributed by atoms with Crippen LogP contribution in [0.5, 0.6) is 0 Å². The third-order valence-corrected chi connectivity index (χ3v) is 9.00. The molecule has 0 radical (unpaired) electrons. The molecule has 0 aromatic heterocycles. The van der Waals surface area contributed by atoms with Crippen molar-refractivity contribution in [1.82, 2.24) is 4.31 Å². The van der Waals surface area contributed by atoms with E-state index in [-0.39, 0.29) is 16.7 Å². The van der Waals surface area contributed by atoms with Gasteiger partial charge in [0.25, 0.3) is 0 Å². The lowest BCUT2D eigenvalue weighted by molar-refractivity contribution is -0.132. The Balaban J connectivity index is 1.61. The van der Waals surface area contributed by atoms with E-state index in [9.17, 15) is 13.2 Å². The molecule has 0 saturated heterocycles. The number of carbonyl (C=O) groups is 1. The van der Waals surface area contributed by atoms with Crippen LogP contribution in [-0.4, -0.2) is 32.7 Å². The number of hydrogen-bond donors (Lipinski definition) is 1. The van der Waals surface area contributed by atoms with E-state index in [1.165, 1.54) is 50.5 Å². The molecule has 148 valence electrons. The predicted octanol–water partition coefficient (Wildman–Crippen LogP) is 3.56. The molecule has 5 nitrogen and oxygen atoms in total. The molecule has 0 aliphatic heterocycles. The van der Waals surface area contributed by atoms with Gasteiger partial charge in [-0.05, 0) is 92.9 Å². The molecule has 1 aromatic rings. The topological polar surface area (TPSA) is 66.5 Å². The lowest BCUT2D eigenvalue weighted by Gasteiger charge is -2.53. The fourth-order valence-corrected chi connectivity index (χ4v) is 6.90. The lowest BCUT2D eigenvalue weighted by Crippen LogP contribution is -2.49. The van der Waals surface area contributed by atoms with E-state index in [0.29, 0.717) is 17.5 Å². The number of benzene rings is 1. The SMILES string of the molecule is Cc1cc(S(=O)(=O)N(C)C)cc(NC(=O)C2C3CC4CC(C3)CC2C4)c1C. The van der Waals surface area contributed by atoms with E-state index < -0.39 is 10.0 Å². The zero-order valence-corrected chi connectivity index (χ0v) is 17.5. The molecule has 4 aliphatic rings. The van der Waals surface area contributed by atoms with Gasteiger partial charge in [0.2, 0.25) is 15.9 Å². The van der Waals surface area contributed by atoms with Gasteiger partial charge in [-0.1, -0.05) is 0 Å². The van der Waals surface area contributed by atoms with Gasteiger partial charge in [0.1, 0.15) is 0 Å². The number of anilines is 1. The number of hydrogen-bond acceptors (Lipinski definition) is 3. The van der Waals surface area contributed by atoms with Crippen LogP contribution in [0.3, 0.4) is 0 Å². The van der Waals surface area contributed by atoms with Crippen LogP contribution < -0.4 is 5.32 Å². The monoisotopic (exact) mass is 390 g/mol. The second kappa shape index (κ2) is 6.59. The van der Waals surface area contributed by atoms with Crippen molar-refractivity contribution in [2.45, 2.75) is 50.8 Å². The standard InChI is InChI=1S/C21H30N2O3S/c1-12-5-18(27(25,26)23(3)4)11-19(13(12)2)22-21(24)20-16-7-14-6-15(9-16)10-17(20)8-14/h5,11,14-17,20H,6-10H2,1-4H3,(H,22,24). The van der Waals surface area contributed by atoms with Crippen molar-refractivity contribution in [1.29, 1.82) is 0 Å². The van der Waals surface area contributed by atoms with Crippen LogP contribution in [0, 0.1) is 43.4 Å². The molecule has 5 rings (SSSR count). The lowest BCUT2D eigenvalue weighted by atomic mass is 9.51. The van der Waals surface area contributed by atoms with Gasteiger partial charge in [0.15, 0.2) is 0 Å². The Bertz CT molecular complexity index is 848. The summed E-state index contributed by atoms with van der Waals surface area (Å²) in [5.41, 5.74) is 2.44. The minimum Gasteiger partial charge on any atom is -0.326 e. The van der Waals surface area contributed by atoms with Gasteiger partial charge in [-0.25, -0.2) is 12.7 Å². The first-order valence-corrected chi connectivity index (χ1v) is 11.5. The third kappa shape index (κ3) is 3.21. The fraction of sp³-hybridized carbons (Fsp3) is 0.667. The van der Waals surface area contributed by atoms with Gasteiger partial charge in [0.05, 0.1) is 4.90 Å². The van der Waals surface area contributed by atoms with Crippen LogP contribution in [0.4, 0.5) is 5.69 Å². The van der Waals surface area contributed by atoms with Crippen molar-refractivity contribution in [3.05, 3.63) is 23.3 Å². The highest BCUT2D eigenvalue weighted by Crippen LogP contribution is 2.56. The fourth-order valence-electron chi connectivity index (χ4n) is 5.89. The normalized spacial score (nSPS) is 32.1. The molecule has 6 heteroatoms. The van der Waals surface area contributed by atoms with Crippen LogP contribution in [0.25, 0.3) is 0 Å². The molecule has 4 saturated carbocycles. The van der Waals surface area contributed by atoms with E-state index in [2.05, 4.69) is 5.32 Å². The van der Waals surface area contributed by atoms with Gasteiger partial charge in [0, 0.05) is 25.7 Å². The second-order valence-electron chi connectivity index (χ2n) is 9.15. The molecular formula is C21H30N2O3S. The summed E-state index contributed by atoms with van der Waals surface area (Å²) in [6, 6.07) is 3.30. The van der Waals surface area contributed by atoms with Crippen molar-refractivity contribution in [3.8, 4) is 0 Å². The summed E-state index contributed by atoms with van der Waals surface area (Å²) >= 11 is 0. The molecule has 1 N–H and O–H groups in total. The van der Waals surface area contributed by atoms with Gasteiger partial charge in [-0.3, -0.25) is 4.79 Å². The summed E-state index contributed by atoms with van der Waals surface area (Å²) in [7, 11) is -0.484. The van der Waals surface area contributed by atoms with Crippen LogP contribution in [0.1, 0.15) is 43.2 Å². The van der Waals surface area contributed by atoms with Crippen molar-refractivity contribution in [3.63, 3.8) is 0 Å². The second-order valence-corrected chi connectivity index (χ2v) is 11.3.